The van der Waals surface area contributed by atoms with Gasteiger partial charge in [0.15, 0.2) is 0 Å². The molecular formula is C17H16N2O5. The summed E-state index contributed by atoms with van der Waals surface area (Å²) in [6.07, 6.45) is 1.30. The number of carbonyl (C=O) groups excluding carboxylic acids is 2. The van der Waals surface area contributed by atoms with Crippen molar-refractivity contribution in [3.05, 3.63) is 52.6 Å². The summed E-state index contributed by atoms with van der Waals surface area (Å²) in [4.78, 5) is 23.9. The molecule has 7 nitrogen and oxygen atoms in total. The molecule has 0 aliphatic carbocycles. The van der Waals surface area contributed by atoms with Gasteiger partial charge in [-0.3, -0.25) is 14.9 Å². The van der Waals surface area contributed by atoms with Crippen LogP contribution in [0.3, 0.4) is 0 Å². The summed E-state index contributed by atoms with van der Waals surface area (Å²) in [7, 11) is 1.44. The van der Waals surface area contributed by atoms with Crippen molar-refractivity contribution in [3.8, 4) is 5.75 Å². The standard InChI is InChI=1S/C17H16N2O5/c1-9-14(10(2)24-19-9)8-23-11-4-5-12-13(6-11)15(7-22-3)17(21)18-16(12)20/h4-7H,8H2,1-3H3,(H,18,20,21)/b15-7-. The van der Waals surface area contributed by atoms with Crippen LogP contribution in [-0.4, -0.2) is 24.1 Å². The average Bonchev–Trinajstić information content (AvgIpc) is 2.87. The first kappa shape index (κ1) is 15.8. The van der Waals surface area contributed by atoms with Gasteiger partial charge in [-0.15, -0.1) is 0 Å². The normalized spacial score (nSPS) is 15.2. The van der Waals surface area contributed by atoms with E-state index >= 15 is 0 Å². The summed E-state index contributed by atoms with van der Waals surface area (Å²) < 4.78 is 15.8. The minimum absolute atomic E-state index is 0.273. The van der Waals surface area contributed by atoms with E-state index in [1.807, 2.05) is 13.8 Å². The van der Waals surface area contributed by atoms with Gasteiger partial charge in [0.25, 0.3) is 11.8 Å². The Kier molecular flexibility index (Phi) is 4.07. The van der Waals surface area contributed by atoms with E-state index in [-0.39, 0.29) is 12.2 Å². The summed E-state index contributed by atoms with van der Waals surface area (Å²) in [5.74, 6) is 0.274. The highest BCUT2D eigenvalue weighted by Gasteiger charge is 2.28. The smallest absolute Gasteiger partial charge is 0.261 e. The third kappa shape index (κ3) is 2.76. The molecule has 0 saturated carbocycles. The molecule has 0 spiro atoms. The lowest BCUT2D eigenvalue weighted by Crippen LogP contribution is -2.36. The van der Waals surface area contributed by atoms with E-state index in [1.54, 1.807) is 18.2 Å². The van der Waals surface area contributed by atoms with E-state index in [9.17, 15) is 9.59 Å². The molecule has 1 aromatic heterocycles. The van der Waals surface area contributed by atoms with Gasteiger partial charge in [0.1, 0.15) is 18.1 Å². The first-order valence-corrected chi connectivity index (χ1v) is 7.29. The van der Waals surface area contributed by atoms with E-state index in [4.69, 9.17) is 14.0 Å². The van der Waals surface area contributed by atoms with Crippen LogP contribution in [0.5, 0.6) is 5.75 Å². The minimum atomic E-state index is -0.503. The van der Waals surface area contributed by atoms with Gasteiger partial charge in [0.2, 0.25) is 0 Å². The molecule has 0 saturated heterocycles. The number of imide groups is 1. The summed E-state index contributed by atoms with van der Waals surface area (Å²) >= 11 is 0. The zero-order chi connectivity index (χ0) is 17.3. The minimum Gasteiger partial charge on any atom is -0.504 e. The van der Waals surface area contributed by atoms with Crippen molar-refractivity contribution >= 4 is 17.4 Å². The number of hydrogen-bond donors (Lipinski definition) is 1. The van der Waals surface area contributed by atoms with Crippen LogP contribution in [0.1, 0.15) is 32.9 Å². The Bertz CT molecular complexity index is 831. The number of benzene rings is 1. The molecule has 2 heterocycles. The fourth-order valence-corrected chi connectivity index (χ4v) is 2.49. The van der Waals surface area contributed by atoms with Crippen molar-refractivity contribution in [1.82, 2.24) is 10.5 Å². The van der Waals surface area contributed by atoms with E-state index < -0.39 is 11.8 Å². The molecule has 0 radical (unpaired) electrons. The Morgan fingerprint density at radius 3 is 2.67 bits per heavy atom. The molecule has 1 aliphatic heterocycles. The maximum Gasteiger partial charge on any atom is 0.261 e. The van der Waals surface area contributed by atoms with Crippen molar-refractivity contribution in [2.75, 3.05) is 7.11 Å². The highest BCUT2D eigenvalue weighted by atomic mass is 16.5. The van der Waals surface area contributed by atoms with E-state index in [1.165, 1.54) is 13.4 Å². The number of hydrogen-bond acceptors (Lipinski definition) is 6. The molecule has 0 bridgehead atoms. The van der Waals surface area contributed by atoms with Crippen LogP contribution >= 0.6 is 0 Å². The van der Waals surface area contributed by atoms with Crippen molar-refractivity contribution in [1.29, 1.82) is 0 Å². The van der Waals surface area contributed by atoms with Crippen LogP contribution in [0.2, 0.25) is 0 Å². The second kappa shape index (κ2) is 6.19. The third-order valence-corrected chi connectivity index (χ3v) is 3.80. The number of rotatable bonds is 4. The molecule has 1 aliphatic rings. The van der Waals surface area contributed by atoms with Crippen molar-refractivity contribution in [2.45, 2.75) is 20.5 Å². The van der Waals surface area contributed by atoms with Crippen LogP contribution in [0.15, 0.2) is 29.0 Å². The van der Waals surface area contributed by atoms with E-state index in [2.05, 4.69) is 10.5 Å². The number of nitrogens with one attached hydrogen (secondary N) is 1. The molecule has 3 rings (SSSR count). The summed E-state index contributed by atoms with van der Waals surface area (Å²) in [5, 5.41) is 6.15. The fraction of sp³-hybridized carbons (Fsp3) is 0.235. The number of aromatic nitrogens is 1. The topological polar surface area (TPSA) is 90.7 Å². The number of nitrogens with zero attached hydrogens (tertiary/aromatic N) is 1. The summed E-state index contributed by atoms with van der Waals surface area (Å²) in [6.45, 7) is 3.93. The van der Waals surface area contributed by atoms with Crippen LogP contribution < -0.4 is 10.1 Å². The molecule has 2 amide bonds. The lowest BCUT2D eigenvalue weighted by molar-refractivity contribution is -0.114. The SMILES string of the molecule is CO/C=C1\C(=O)NC(=O)c2ccc(OCc3c(C)noc3C)cc21. The molecular weight excluding hydrogens is 312 g/mol. The van der Waals surface area contributed by atoms with Crippen molar-refractivity contribution in [3.63, 3.8) is 0 Å². The predicted molar refractivity (Wildman–Crippen MR) is 84.2 cm³/mol. The number of amides is 2. The maximum absolute atomic E-state index is 12.0. The first-order valence-electron chi connectivity index (χ1n) is 7.29. The van der Waals surface area contributed by atoms with Gasteiger partial charge in [-0.2, -0.15) is 0 Å². The Morgan fingerprint density at radius 1 is 1.21 bits per heavy atom. The second-order valence-corrected chi connectivity index (χ2v) is 5.35. The molecule has 7 heteroatoms. The van der Waals surface area contributed by atoms with Gasteiger partial charge in [0.05, 0.1) is 30.2 Å². The molecule has 0 fully saturated rings. The van der Waals surface area contributed by atoms with E-state index in [0.717, 1.165) is 11.3 Å². The summed E-state index contributed by atoms with van der Waals surface area (Å²) in [6, 6.07) is 4.94. The highest BCUT2D eigenvalue weighted by molar-refractivity contribution is 6.30. The molecule has 1 aromatic carbocycles. The van der Waals surface area contributed by atoms with Gasteiger partial charge in [0, 0.05) is 11.1 Å². The highest BCUT2D eigenvalue weighted by Crippen LogP contribution is 2.28. The Labute approximate surface area is 138 Å². The largest absolute Gasteiger partial charge is 0.504 e. The lowest BCUT2D eigenvalue weighted by Gasteiger charge is -2.18. The number of methoxy groups -OCH3 is 1. The molecule has 124 valence electrons. The van der Waals surface area contributed by atoms with Crippen LogP contribution in [0, 0.1) is 13.8 Å². The maximum atomic E-state index is 12.0. The first-order chi connectivity index (χ1) is 11.5. The molecule has 0 unspecified atom stereocenters. The fourth-order valence-electron chi connectivity index (χ4n) is 2.49. The Balaban J connectivity index is 1.91. The molecule has 0 atom stereocenters. The monoisotopic (exact) mass is 328 g/mol. The van der Waals surface area contributed by atoms with Crippen molar-refractivity contribution < 1.29 is 23.6 Å². The predicted octanol–water partition coefficient (Wildman–Crippen LogP) is 2.13. The number of carbonyl (C=O) groups is 2. The second-order valence-electron chi connectivity index (χ2n) is 5.35. The average molecular weight is 328 g/mol. The Morgan fingerprint density at radius 2 is 2.00 bits per heavy atom. The Hall–Kier alpha value is -3.09. The number of aryl methyl sites for hydroxylation is 2. The van der Waals surface area contributed by atoms with Crippen LogP contribution in [-0.2, 0) is 16.1 Å². The van der Waals surface area contributed by atoms with Crippen LogP contribution in [0.4, 0.5) is 0 Å². The van der Waals surface area contributed by atoms with Gasteiger partial charge < -0.3 is 14.0 Å². The van der Waals surface area contributed by atoms with E-state index in [0.29, 0.717) is 22.6 Å². The van der Waals surface area contributed by atoms with Gasteiger partial charge in [-0.05, 0) is 32.0 Å². The van der Waals surface area contributed by atoms with Gasteiger partial charge >= 0.3 is 0 Å². The quantitative estimate of drug-likeness (QED) is 0.525. The molecule has 2 aromatic rings. The zero-order valence-corrected chi connectivity index (χ0v) is 13.5. The third-order valence-electron chi connectivity index (χ3n) is 3.80. The number of ether oxygens (including phenoxy) is 2. The van der Waals surface area contributed by atoms with Crippen LogP contribution in [0.25, 0.3) is 5.57 Å². The lowest BCUT2D eigenvalue weighted by atomic mass is 9.95. The van der Waals surface area contributed by atoms with Crippen molar-refractivity contribution in [2.24, 2.45) is 0 Å². The molecule has 1 N–H and O–H groups in total. The number of fused-ring (bicyclic) bond motifs is 1. The zero-order valence-electron chi connectivity index (χ0n) is 13.5. The molecule has 24 heavy (non-hydrogen) atoms. The summed E-state index contributed by atoms with van der Waals surface area (Å²) in [5.41, 5.74) is 2.77. The van der Waals surface area contributed by atoms with Gasteiger partial charge in [-0.25, -0.2) is 0 Å². The van der Waals surface area contributed by atoms with Gasteiger partial charge in [-0.1, -0.05) is 5.16 Å².